The first-order valence-corrected chi connectivity index (χ1v) is 6.68. The summed E-state index contributed by atoms with van der Waals surface area (Å²) in [6, 6.07) is -0.215. The van der Waals surface area contributed by atoms with Crippen LogP contribution in [0.1, 0.15) is 45.4 Å². The average molecular weight is 243 g/mol. The molecule has 1 aliphatic carbocycles. The van der Waals surface area contributed by atoms with Crippen molar-refractivity contribution in [2.75, 3.05) is 13.7 Å². The summed E-state index contributed by atoms with van der Waals surface area (Å²) in [5.74, 6) is 0.106. The summed E-state index contributed by atoms with van der Waals surface area (Å²) in [7, 11) is 1.42. The second-order valence-electron chi connectivity index (χ2n) is 4.88. The molecule has 0 aromatic heterocycles. The minimum atomic E-state index is -0.215. The maximum Gasteiger partial charge on any atom is 0.322 e. The van der Waals surface area contributed by atoms with Crippen molar-refractivity contribution in [3.63, 3.8) is 0 Å². The van der Waals surface area contributed by atoms with Gasteiger partial charge in [0.25, 0.3) is 0 Å². The largest absolute Gasteiger partial charge is 0.468 e. The molecule has 17 heavy (non-hydrogen) atoms. The van der Waals surface area contributed by atoms with E-state index in [1.807, 2.05) is 0 Å². The maximum atomic E-state index is 11.6. The molecule has 1 fully saturated rings. The minimum Gasteiger partial charge on any atom is -0.468 e. The fourth-order valence-electron chi connectivity index (χ4n) is 2.40. The third-order valence-corrected chi connectivity index (χ3v) is 3.58. The Morgan fingerprint density at radius 3 is 2.82 bits per heavy atom. The maximum absolute atomic E-state index is 11.6. The number of rotatable bonds is 7. The third kappa shape index (κ3) is 4.64. The summed E-state index contributed by atoms with van der Waals surface area (Å²) in [5, 5.41) is 13.0. The van der Waals surface area contributed by atoms with E-state index < -0.39 is 0 Å². The number of hydrogen-bond acceptors (Lipinski definition) is 4. The standard InChI is InChI=1S/C13H25NO3/c1-3-4-7-11(13(16)17-2)14-9-10-6-5-8-12(10)15/h10-12,14-15H,3-9H2,1-2H3. The summed E-state index contributed by atoms with van der Waals surface area (Å²) in [6.45, 7) is 2.82. The zero-order valence-electron chi connectivity index (χ0n) is 10.9. The van der Waals surface area contributed by atoms with Crippen LogP contribution in [0, 0.1) is 5.92 Å². The van der Waals surface area contributed by atoms with Crippen LogP contribution in [0.25, 0.3) is 0 Å². The second-order valence-corrected chi connectivity index (χ2v) is 4.88. The molecule has 0 bridgehead atoms. The van der Waals surface area contributed by atoms with Crippen LogP contribution in [0.5, 0.6) is 0 Å². The minimum absolute atomic E-state index is 0.189. The van der Waals surface area contributed by atoms with Gasteiger partial charge < -0.3 is 15.2 Å². The van der Waals surface area contributed by atoms with Crippen LogP contribution in [0.4, 0.5) is 0 Å². The third-order valence-electron chi connectivity index (χ3n) is 3.58. The zero-order valence-corrected chi connectivity index (χ0v) is 10.9. The highest BCUT2D eigenvalue weighted by atomic mass is 16.5. The molecule has 0 radical (unpaired) electrons. The van der Waals surface area contributed by atoms with Crippen molar-refractivity contribution in [1.29, 1.82) is 0 Å². The van der Waals surface area contributed by atoms with Gasteiger partial charge in [0.05, 0.1) is 13.2 Å². The van der Waals surface area contributed by atoms with Crippen LogP contribution in [0.2, 0.25) is 0 Å². The van der Waals surface area contributed by atoms with Gasteiger partial charge in [-0.25, -0.2) is 0 Å². The van der Waals surface area contributed by atoms with Gasteiger partial charge in [-0.05, 0) is 25.2 Å². The Bertz CT molecular complexity index is 233. The van der Waals surface area contributed by atoms with E-state index in [2.05, 4.69) is 12.2 Å². The van der Waals surface area contributed by atoms with Crippen LogP contribution in [-0.2, 0) is 9.53 Å². The number of esters is 1. The smallest absolute Gasteiger partial charge is 0.322 e. The molecule has 0 saturated heterocycles. The first-order chi connectivity index (χ1) is 8.19. The molecular weight excluding hydrogens is 218 g/mol. The number of aliphatic hydroxyl groups is 1. The molecule has 3 atom stereocenters. The van der Waals surface area contributed by atoms with Crippen LogP contribution >= 0.6 is 0 Å². The average Bonchev–Trinajstić information content (AvgIpc) is 2.74. The summed E-state index contributed by atoms with van der Waals surface area (Å²) in [4.78, 5) is 11.6. The molecular formula is C13H25NO3. The molecule has 0 aliphatic heterocycles. The number of nitrogens with one attached hydrogen (secondary N) is 1. The predicted molar refractivity (Wildman–Crippen MR) is 66.7 cm³/mol. The number of carbonyl (C=O) groups is 1. The Morgan fingerprint density at radius 1 is 1.53 bits per heavy atom. The van der Waals surface area contributed by atoms with Crippen molar-refractivity contribution in [3.8, 4) is 0 Å². The van der Waals surface area contributed by atoms with E-state index in [0.29, 0.717) is 12.5 Å². The van der Waals surface area contributed by atoms with Crippen LogP contribution in [0.15, 0.2) is 0 Å². The predicted octanol–water partition coefficient (Wildman–Crippen LogP) is 1.47. The van der Waals surface area contributed by atoms with Gasteiger partial charge in [-0.2, -0.15) is 0 Å². The van der Waals surface area contributed by atoms with E-state index in [-0.39, 0.29) is 18.1 Å². The van der Waals surface area contributed by atoms with Gasteiger partial charge in [-0.3, -0.25) is 4.79 Å². The van der Waals surface area contributed by atoms with Gasteiger partial charge in [0, 0.05) is 6.54 Å². The van der Waals surface area contributed by atoms with Crippen LogP contribution < -0.4 is 5.32 Å². The first kappa shape index (κ1) is 14.5. The fraction of sp³-hybridized carbons (Fsp3) is 0.923. The normalized spacial score (nSPS) is 25.8. The lowest BCUT2D eigenvalue weighted by atomic mass is 10.0. The molecule has 3 unspecified atom stereocenters. The van der Waals surface area contributed by atoms with E-state index in [9.17, 15) is 9.90 Å². The van der Waals surface area contributed by atoms with Gasteiger partial charge in [0.2, 0.25) is 0 Å². The molecule has 1 aliphatic rings. The van der Waals surface area contributed by atoms with Gasteiger partial charge in [0.1, 0.15) is 6.04 Å². The second kappa shape index (κ2) is 7.67. The Kier molecular flexibility index (Phi) is 6.52. The van der Waals surface area contributed by atoms with Gasteiger partial charge in [-0.1, -0.05) is 26.2 Å². The highest BCUT2D eigenvalue weighted by Crippen LogP contribution is 2.24. The lowest BCUT2D eigenvalue weighted by molar-refractivity contribution is -0.143. The van der Waals surface area contributed by atoms with Gasteiger partial charge in [0.15, 0.2) is 0 Å². The number of unbranched alkanes of at least 4 members (excludes halogenated alkanes) is 1. The van der Waals surface area contributed by atoms with Crippen molar-refractivity contribution in [2.24, 2.45) is 5.92 Å². The molecule has 0 heterocycles. The Hall–Kier alpha value is -0.610. The number of ether oxygens (including phenoxy) is 1. The molecule has 0 aromatic rings. The molecule has 0 amide bonds. The van der Waals surface area contributed by atoms with Gasteiger partial charge in [-0.15, -0.1) is 0 Å². The fourth-order valence-corrected chi connectivity index (χ4v) is 2.40. The van der Waals surface area contributed by atoms with E-state index in [0.717, 1.165) is 38.5 Å². The van der Waals surface area contributed by atoms with E-state index in [4.69, 9.17) is 4.74 Å². The summed E-state index contributed by atoms with van der Waals surface area (Å²) in [6.07, 6.45) is 5.73. The van der Waals surface area contributed by atoms with Gasteiger partial charge >= 0.3 is 5.97 Å². The lowest BCUT2D eigenvalue weighted by Crippen LogP contribution is -2.41. The highest BCUT2D eigenvalue weighted by molar-refractivity contribution is 5.75. The molecule has 4 nitrogen and oxygen atoms in total. The molecule has 1 rings (SSSR count). The number of aliphatic hydroxyl groups excluding tert-OH is 1. The molecule has 2 N–H and O–H groups in total. The quantitative estimate of drug-likeness (QED) is 0.665. The van der Waals surface area contributed by atoms with Crippen LogP contribution in [0.3, 0.4) is 0 Å². The molecule has 0 spiro atoms. The summed E-state index contributed by atoms with van der Waals surface area (Å²) >= 11 is 0. The van der Waals surface area contributed by atoms with Crippen molar-refractivity contribution in [3.05, 3.63) is 0 Å². The Balaban J connectivity index is 2.34. The van der Waals surface area contributed by atoms with E-state index in [1.54, 1.807) is 0 Å². The molecule has 100 valence electrons. The Morgan fingerprint density at radius 2 is 2.29 bits per heavy atom. The molecule has 4 heteroatoms. The SMILES string of the molecule is CCCCC(NCC1CCCC1O)C(=O)OC. The number of methoxy groups -OCH3 is 1. The van der Waals surface area contributed by atoms with Crippen molar-refractivity contribution in [2.45, 2.75) is 57.6 Å². The van der Waals surface area contributed by atoms with Crippen LogP contribution in [-0.4, -0.2) is 36.9 Å². The number of carbonyl (C=O) groups excluding carboxylic acids is 1. The summed E-state index contributed by atoms with van der Waals surface area (Å²) < 4.78 is 4.79. The van der Waals surface area contributed by atoms with E-state index in [1.165, 1.54) is 7.11 Å². The van der Waals surface area contributed by atoms with Crippen molar-refractivity contribution >= 4 is 5.97 Å². The van der Waals surface area contributed by atoms with Crippen molar-refractivity contribution in [1.82, 2.24) is 5.32 Å². The lowest BCUT2D eigenvalue weighted by Gasteiger charge is -2.20. The highest BCUT2D eigenvalue weighted by Gasteiger charge is 2.27. The van der Waals surface area contributed by atoms with Crippen molar-refractivity contribution < 1.29 is 14.6 Å². The topological polar surface area (TPSA) is 58.6 Å². The zero-order chi connectivity index (χ0) is 12.7. The molecule has 1 saturated carbocycles. The van der Waals surface area contributed by atoms with E-state index >= 15 is 0 Å². The number of hydrogen-bond donors (Lipinski definition) is 2. The monoisotopic (exact) mass is 243 g/mol. The Labute approximate surface area is 104 Å². The summed E-state index contributed by atoms with van der Waals surface area (Å²) in [5.41, 5.74) is 0. The first-order valence-electron chi connectivity index (χ1n) is 6.68. The molecule has 0 aromatic carbocycles.